The molecule has 1 heterocycles. The smallest absolute Gasteiger partial charge is 0.247 e. The van der Waals surface area contributed by atoms with Crippen LogP contribution in [0.4, 0.5) is 5.69 Å². The van der Waals surface area contributed by atoms with Gasteiger partial charge in [0.15, 0.2) is 0 Å². The number of carbonyl (C=O) groups is 2. The fraction of sp³-hybridized carbons (Fsp3) is 0.167. The summed E-state index contributed by atoms with van der Waals surface area (Å²) in [5, 5.41) is 12.4. The van der Waals surface area contributed by atoms with E-state index in [9.17, 15) is 9.59 Å². The number of benzene rings is 1. The molecular weight excluding hydrogens is 262 g/mol. The lowest BCUT2D eigenvalue weighted by Gasteiger charge is -2.06. The Labute approximate surface area is 114 Å². The topological polar surface area (TPSA) is 123 Å². The second-order valence-electron chi connectivity index (χ2n) is 3.85. The Bertz CT molecular complexity index is 580. The number of nitrogens with two attached hydrogens (primary N) is 1. The third kappa shape index (κ3) is 3.62. The van der Waals surface area contributed by atoms with E-state index in [4.69, 9.17) is 10.2 Å². The van der Waals surface area contributed by atoms with Gasteiger partial charge in [-0.05, 0) is 24.3 Å². The first-order chi connectivity index (χ1) is 9.69. The summed E-state index contributed by atoms with van der Waals surface area (Å²) >= 11 is 0. The van der Waals surface area contributed by atoms with E-state index in [2.05, 4.69) is 20.8 Å². The number of nitrogens with zero attached hydrogens (tertiary/aromatic N) is 2. The maximum atomic E-state index is 11.5. The van der Waals surface area contributed by atoms with Crippen molar-refractivity contribution in [2.24, 2.45) is 5.73 Å². The largest absolute Gasteiger partial charge is 0.423 e. The molecule has 0 saturated carbocycles. The molecule has 0 bridgehead atoms. The summed E-state index contributed by atoms with van der Waals surface area (Å²) in [6.07, 6.45) is 1.24. The quantitative estimate of drug-likeness (QED) is 0.691. The molecule has 0 aliphatic heterocycles. The minimum atomic E-state index is -0.383. The zero-order valence-corrected chi connectivity index (χ0v) is 10.5. The molecule has 0 aliphatic carbocycles. The summed E-state index contributed by atoms with van der Waals surface area (Å²) in [5.74, 6) is -0.317. The molecule has 8 nitrogen and oxygen atoms in total. The van der Waals surface area contributed by atoms with Crippen molar-refractivity contribution in [3.05, 3.63) is 30.7 Å². The van der Waals surface area contributed by atoms with Crippen LogP contribution in [0, 0.1) is 0 Å². The van der Waals surface area contributed by atoms with Crippen LogP contribution in [0.15, 0.2) is 35.1 Å². The fourth-order valence-electron chi connectivity index (χ4n) is 1.45. The van der Waals surface area contributed by atoms with E-state index in [1.807, 2.05) is 0 Å². The number of anilines is 1. The molecule has 20 heavy (non-hydrogen) atoms. The maximum Gasteiger partial charge on any atom is 0.247 e. The summed E-state index contributed by atoms with van der Waals surface area (Å²) < 4.78 is 5.05. The van der Waals surface area contributed by atoms with Crippen LogP contribution in [0.25, 0.3) is 11.5 Å². The number of carbonyl (C=O) groups excluding carboxylic acids is 2. The first-order valence-electron chi connectivity index (χ1n) is 5.82. The maximum absolute atomic E-state index is 11.5. The van der Waals surface area contributed by atoms with Gasteiger partial charge < -0.3 is 20.8 Å². The Morgan fingerprint density at radius 3 is 2.55 bits per heavy atom. The Morgan fingerprint density at radius 2 is 1.95 bits per heavy atom. The number of rotatable bonds is 5. The lowest BCUT2D eigenvalue weighted by atomic mass is 10.2. The van der Waals surface area contributed by atoms with E-state index in [0.29, 0.717) is 11.6 Å². The predicted octanol–water partition coefficient (Wildman–Crippen LogP) is -0.250. The number of nitrogens with one attached hydrogen (secondary N) is 2. The molecule has 104 valence electrons. The fourth-order valence-corrected chi connectivity index (χ4v) is 1.45. The first-order valence-corrected chi connectivity index (χ1v) is 5.82. The van der Waals surface area contributed by atoms with Gasteiger partial charge in [-0.3, -0.25) is 9.59 Å². The molecule has 0 atom stereocenters. The number of amides is 2. The molecule has 0 fully saturated rings. The van der Waals surface area contributed by atoms with Crippen LogP contribution in [-0.2, 0) is 9.59 Å². The second-order valence-corrected chi connectivity index (χ2v) is 3.85. The zero-order chi connectivity index (χ0) is 14.4. The average molecular weight is 275 g/mol. The average Bonchev–Trinajstić information content (AvgIpc) is 2.99. The van der Waals surface area contributed by atoms with Gasteiger partial charge in [-0.15, -0.1) is 10.2 Å². The van der Waals surface area contributed by atoms with Crippen molar-refractivity contribution in [2.75, 3.05) is 18.4 Å². The molecule has 8 heteroatoms. The van der Waals surface area contributed by atoms with Gasteiger partial charge in [-0.2, -0.15) is 0 Å². The van der Waals surface area contributed by atoms with E-state index in [1.165, 1.54) is 6.39 Å². The van der Waals surface area contributed by atoms with Gasteiger partial charge in [0, 0.05) is 11.3 Å². The Balaban J connectivity index is 1.90. The van der Waals surface area contributed by atoms with Crippen molar-refractivity contribution in [3.8, 4) is 11.5 Å². The third-order valence-electron chi connectivity index (χ3n) is 2.41. The third-order valence-corrected chi connectivity index (χ3v) is 2.41. The Morgan fingerprint density at radius 1 is 1.20 bits per heavy atom. The summed E-state index contributed by atoms with van der Waals surface area (Å²) in [6.45, 7) is -0.270. The highest BCUT2D eigenvalue weighted by Gasteiger charge is 2.06. The summed E-state index contributed by atoms with van der Waals surface area (Å²) in [7, 11) is 0. The zero-order valence-electron chi connectivity index (χ0n) is 10.5. The molecular formula is C12H13N5O3. The van der Waals surface area contributed by atoms with Crippen molar-refractivity contribution in [1.29, 1.82) is 0 Å². The van der Waals surface area contributed by atoms with Crippen LogP contribution >= 0.6 is 0 Å². The molecule has 0 spiro atoms. The van der Waals surface area contributed by atoms with Gasteiger partial charge in [0.25, 0.3) is 0 Å². The van der Waals surface area contributed by atoms with Gasteiger partial charge in [-0.1, -0.05) is 0 Å². The number of hydrogen-bond donors (Lipinski definition) is 3. The van der Waals surface area contributed by atoms with Gasteiger partial charge in [0.05, 0.1) is 13.1 Å². The van der Waals surface area contributed by atoms with E-state index >= 15 is 0 Å². The Kier molecular flexibility index (Phi) is 4.40. The van der Waals surface area contributed by atoms with Gasteiger partial charge >= 0.3 is 0 Å². The molecule has 1 aromatic heterocycles. The monoisotopic (exact) mass is 275 g/mol. The van der Waals surface area contributed by atoms with Crippen molar-refractivity contribution >= 4 is 17.5 Å². The van der Waals surface area contributed by atoms with Crippen molar-refractivity contribution < 1.29 is 14.0 Å². The molecule has 0 radical (unpaired) electrons. The first kappa shape index (κ1) is 13.7. The van der Waals surface area contributed by atoms with Crippen LogP contribution in [0.1, 0.15) is 0 Å². The van der Waals surface area contributed by atoms with Crippen molar-refractivity contribution in [1.82, 2.24) is 15.5 Å². The highest BCUT2D eigenvalue weighted by Crippen LogP contribution is 2.18. The summed E-state index contributed by atoms with van der Waals surface area (Å²) in [5.41, 5.74) is 6.45. The molecule has 0 unspecified atom stereocenters. The number of hydrogen-bond acceptors (Lipinski definition) is 6. The van der Waals surface area contributed by atoms with E-state index in [-0.39, 0.29) is 24.9 Å². The van der Waals surface area contributed by atoms with Gasteiger partial charge in [-0.25, -0.2) is 0 Å². The second kappa shape index (κ2) is 6.43. The van der Waals surface area contributed by atoms with E-state index in [1.54, 1.807) is 24.3 Å². The molecule has 0 saturated heterocycles. The summed E-state index contributed by atoms with van der Waals surface area (Å²) in [4.78, 5) is 22.4. The highest BCUT2D eigenvalue weighted by atomic mass is 16.4. The van der Waals surface area contributed by atoms with Crippen molar-refractivity contribution in [2.45, 2.75) is 0 Å². The molecule has 1 aromatic carbocycles. The normalized spacial score (nSPS) is 10.1. The van der Waals surface area contributed by atoms with Gasteiger partial charge in [0.1, 0.15) is 0 Å². The van der Waals surface area contributed by atoms with E-state index in [0.717, 1.165) is 5.56 Å². The SMILES string of the molecule is NCC(=O)NCC(=O)Nc1ccc(-c2nnco2)cc1. The van der Waals surface area contributed by atoms with Crippen molar-refractivity contribution in [3.63, 3.8) is 0 Å². The standard InChI is InChI=1S/C12H13N5O3/c13-5-10(18)14-6-11(19)16-9-3-1-8(2-4-9)12-17-15-7-20-12/h1-4,7H,5-6,13H2,(H,14,18)(H,16,19). The van der Waals surface area contributed by atoms with Crippen LogP contribution < -0.4 is 16.4 Å². The van der Waals surface area contributed by atoms with Crippen LogP contribution in [0.3, 0.4) is 0 Å². The van der Waals surface area contributed by atoms with E-state index < -0.39 is 0 Å². The van der Waals surface area contributed by atoms with Crippen LogP contribution in [0.2, 0.25) is 0 Å². The Hall–Kier alpha value is -2.74. The molecule has 0 aliphatic rings. The molecule has 2 rings (SSSR count). The number of aromatic nitrogens is 2. The van der Waals surface area contributed by atoms with Crippen LogP contribution in [0.5, 0.6) is 0 Å². The highest BCUT2D eigenvalue weighted by molar-refractivity contribution is 5.94. The summed E-state index contributed by atoms with van der Waals surface area (Å²) in [6, 6.07) is 6.87. The minimum Gasteiger partial charge on any atom is -0.423 e. The predicted molar refractivity (Wildman–Crippen MR) is 70.4 cm³/mol. The molecule has 4 N–H and O–H groups in total. The molecule has 2 amide bonds. The lowest BCUT2D eigenvalue weighted by molar-refractivity contribution is -0.123. The van der Waals surface area contributed by atoms with Gasteiger partial charge in [0.2, 0.25) is 24.1 Å². The molecule has 2 aromatic rings. The minimum absolute atomic E-state index is 0.124. The van der Waals surface area contributed by atoms with Crippen LogP contribution in [-0.4, -0.2) is 35.1 Å². The lowest BCUT2D eigenvalue weighted by Crippen LogP contribution is -2.36.